The Balaban J connectivity index is 0.000000479. The van der Waals surface area contributed by atoms with Gasteiger partial charge in [-0.05, 0) is 48.9 Å². The van der Waals surface area contributed by atoms with Crippen LogP contribution in [0.25, 0.3) is 0 Å². The molecule has 0 radical (unpaired) electrons. The molecular weight excluding hydrogens is 455 g/mol. The Bertz CT molecular complexity index is 1000. The van der Waals surface area contributed by atoms with Gasteiger partial charge in [-0.15, -0.1) is 0 Å². The summed E-state index contributed by atoms with van der Waals surface area (Å²) < 4.78 is 28.4. The maximum absolute atomic E-state index is 13.1. The molecule has 0 saturated carbocycles. The lowest BCUT2D eigenvalue weighted by molar-refractivity contribution is 0.106. The monoisotopic (exact) mass is 492 g/mol. The molecule has 0 aliphatic heterocycles. The predicted molar refractivity (Wildman–Crippen MR) is 136 cm³/mol. The van der Waals surface area contributed by atoms with Crippen molar-refractivity contribution in [1.82, 2.24) is 0 Å². The Kier molecular flexibility index (Phi) is 10.8. The average Bonchev–Trinajstić information content (AvgIpc) is 2.78. The normalized spacial score (nSPS) is 13.5. The van der Waals surface area contributed by atoms with E-state index in [9.17, 15) is 14.2 Å². The highest BCUT2D eigenvalue weighted by atomic mass is 31.2. The predicted octanol–water partition coefficient (Wildman–Crippen LogP) is 6.18. The van der Waals surface area contributed by atoms with E-state index in [0.717, 1.165) is 17.7 Å². The van der Waals surface area contributed by atoms with Crippen molar-refractivity contribution in [2.24, 2.45) is 11.3 Å². The zero-order chi connectivity index (χ0) is 26.1. The number of aromatic hydroxyl groups is 1. The largest absolute Gasteiger partial charge is 0.508 e. The molecule has 2 unspecified atom stereocenters. The van der Waals surface area contributed by atoms with Crippen molar-refractivity contribution in [3.63, 3.8) is 0 Å². The van der Waals surface area contributed by atoms with Crippen LogP contribution in [0, 0.1) is 18.3 Å². The summed E-state index contributed by atoms with van der Waals surface area (Å²) >= 11 is 0. The molecule has 7 nitrogen and oxygen atoms in total. The number of rotatable bonds is 9. The van der Waals surface area contributed by atoms with E-state index in [4.69, 9.17) is 19.3 Å². The molecule has 0 aliphatic rings. The van der Waals surface area contributed by atoms with E-state index < -0.39 is 12.7 Å². The number of hydrogen-bond donors (Lipinski definition) is 1. The summed E-state index contributed by atoms with van der Waals surface area (Å²) in [4.78, 5) is 24.5. The van der Waals surface area contributed by atoms with Gasteiger partial charge in [0.1, 0.15) is 28.6 Å². The van der Waals surface area contributed by atoms with E-state index in [2.05, 4.69) is 20.8 Å². The van der Waals surface area contributed by atoms with E-state index in [-0.39, 0.29) is 40.3 Å². The quantitative estimate of drug-likeness (QED) is 0.330. The van der Waals surface area contributed by atoms with Gasteiger partial charge in [-0.3, -0.25) is 9.59 Å². The molecule has 0 aliphatic carbocycles. The van der Waals surface area contributed by atoms with Gasteiger partial charge in [0.05, 0.1) is 21.3 Å². The minimum absolute atomic E-state index is 0.0225. The number of methoxy groups -OCH3 is 3. The molecule has 1 N–H and O–H groups in total. The van der Waals surface area contributed by atoms with Crippen molar-refractivity contribution in [2.75, 3.05) is 27.5 Å². The van der Waals surface area contributed by atoms with E-state index in [1.165, 1.54) is 14.2 Å². The maximum atomic E-state index is 13.1. The van der Waals surface area contributed by atoms with E-state index >= 15 is 0 Å². The van der Waals surface area contributed by atoms with Crippen molar-refractivity contribution in [3.8, 4) is 23.0 Å². The summed E-state index contributed by atoms with van der Waals surface area (Å²) in [6.45, 7) is 9.93. The van der Waals surface area contributed by atoms with Crippen molar-refractivity contribution in [2.45, 2.75) is 41.0 Å². The maximum Gasteiger partial charge on any atom is 0.235 e. The van der Waals surface area contributed by atoms with Crippen LogP contribution in [0.4, 0.5) is 0 Å². The van der Waals surface area contributed by atoms with Crippen LogP contribution in [0.1, 0.15) is 50.0 Å². The number of phenols is 1. The number of carbonyl (C=O) groups is 2. The van der Waals surface area contributed by atoms with Gasteiger partial charge in [-0.2, -0.15) is 0 Å². The first kappa shape index (κ1) is 29.2. The molecule has 2 aromatic carbocycles. The van der Waals surface area contributed by atoms with Crippen LogP contribution in [0.2, 0.25) is 0 Å². The second kappa shape index (κ2) is 12.6. The molecule has 0 amide bonds. The molecule has 0 spiro atoms. The van der Waals surface area contributed by atoms with Gasteiger partial charge < -0.3 is 23.9 Å². The summed E-state index contributed by atoms with van der Waals surface area (Å²) in [6.07, 6.45) is 0.814. The zero-order valence-electron chi connectivity index (χ0n) is 21.4. The van der Waals surface area contributed by atoms with Crippen molar-refractivity contribution >= 4 is 18.7 Å². The van der Waals surface area contributed by atoms with Crippen molar-refractivity contribution in [1.29, 1.82) is 0 Å². The molecular formula is C26H37O7P. The summed E-state index contributed by atoms with van der Waals surface area (Å²) in [5.74, 6) is 1.49. The van der Waals surface area contributed by atoms with E-state index in [1.807, 2.05) is 19.9 Å². The lowest BCUT2D eigenvalue weighted by atomic mass is 9.86. The lowest BCUT2D eigenvalue weighted by Gasteiger charge is -2.25. The van der Waals surface area contributed by atoms with Crippen LogP contribution in [0.15, 0.2) is 36.4 Å². The molecule has 0 saturated heterocycles. The fourth-order valence-corrected chi connectivity index (χ4v) is 5.82. The highest BCUT2D eigenvalue weighted by molar-refractivity contribution is 7.93. The highest BCUT2D eigenvalue weighted by Crippen LogP contribution is 2.51. The van der Waals surface area contributed by atoms with E-state index in [0.29, 0.717) is 6.03 Å². The Morgan fingerprint density at radius 2 is 1.47 bits per heavy atom. The molecule has 0 bridgehead atoms. The first-order valence-electron chi connectivity index (χ1n) is 11.0. The van der Waals surface area contributed by atoms with Crippen molar-refractivity contribution in [3.05, 3.63) is 47.5 Å². The van der Waals surface area contributed by atoms with Gasteiger partial charge in [-0.1, -0.05) is 39.8 Å². The van der Waals surface area contributed by atoms with Crippen LogP contribution in [-0.4, -0.2) is 44.1 Å². The molecule has 0 aromatic heterocycles. The van der Waals surface area contributed by atoms with Crippen LogP contribution in [0.5, 0.6) is 23.0 Å². The first-order valence-corrected chi connectivity index (χ1v) is 12.9. The molecule has 0 fully saturated rings. The minimum Gasteiger partial charge on any atom is -0.508 e. The SMILES string of the molecule is COc1cccc(O)c1C.COc1cccc(OC)c1C(=O)P(=O)(C=O)CC(C)CC(C)(C)C. The van der Waals surface area contributed by atoms with Gasteiger partial charge in [-0.25, -0.2) is 0 Å². The summed E-state index contributed by atoms with van der Waals surface area (Å²) in [5, 5.41) is 9.15. The van der Waals surface area contributed by atoms with Gasteiger partial charge >= 0.3 is 0 Å². The van der Waals surface area contributed by atoms with Crippen LogP contribution < -0.4 is 14.2 Å². The lowest BCUT2D eigenvalue weighted by Crippen LogP contribution is -2.17. The second-order valence-corrected chi connectivity index (χ2v) is 12.0. The van der Waals surface area contributed by atoms with Crippen molar-refractivity contribution < 1.29 is 33.5 Å². The number of phenolic OH excluding ortho intramolecular Hbond substituents is 1. The van der Waals surface area contributed by atoms with Gasteiger partial charge in [0.2, 0.25) is 12.7 Å². The topological polar surface area (TPSA) is 99.1 Å². The fraction of sp³-hybridized carbons (Fsp3) is 0.462. The third kappa shape index (κ3) is 7.91. The van der Waals surface area contributed by atoms with Crippen LogP contribution in [-0.2, 0) is 9.36 Å². The zero-order valence-corrected chi connectivity index (χ0v) is 22.3. The Morgan fingerprint density at radius 1 is 1.00 bits per heavy atom. The van der Waals surface area contributed by atoms with E-state index in [1.54, 1.807) is 37.4 Å². The number of carbonyl (C=O) groups excluding carboxylic acids is 2. The standard InChI is InChI=1S/C18H27O5P.C8H10O2/c1-13(10-18(2,3)4)11-24(21,12-19)17(20)16-14(22-5)8-7-9-15(16)23-6;1-6-7(9)4-3-5-8(6)10-2/h7-9,12-13H,10-11H2,1-6H3;3-5,9H,1-2H3. The highest BCUT2D eigenvalue weighted by Gasteiger charge is 2.38. The molecule has 188 valence electrons. The minimum atomic E-state index is -3.72. The second-order valence-electron chi connectivity index (χ2n) is 9.40. The van der Waals surface area contributed by atoms with Gasteiger partial charge in [0.25, 0.3) is 0 Å². The smallest absolute Gasteiger partial charge is 0.235 e. The Morgan fingerprint density at radius 3 is 1.88 bits per heavy atom. The molecule has 8 heteroatoms. The molecule has 2 aromatic rings. The van der Waals surface area contributed by atoms with Gasteiger partial charge in [0.15, 0.2) is 6.03 Å². The number of benzene rings is 2. The van der Waals surface area contributed by atoms with Gasteiger partial charge in [0, 0.05) is 11.7 Å². The number of hydrogen-bond acceptors (Lipinski definition) is 7. The fourth-order valence-electron chi connectivity index (χ4n) is 3.82. The molecule has 2 atom stereocenters. The van der Waals surface area contributed by atoms with Crippen LogP contribution in [0.3, 0.4) is 0 Å². The molecule has 2 rings (SSSR count). The molecule has 34 heavy (non-hydrogen) atoms. The number of ether oxygens (including phenoxy) is 3. The third-order valence-corrected chi connectivity index (χ3v) is 7.59. The summed E-state index contributed by atoms with van der Waals surface area (Å²) in [7, 11) is 0.703. The Hall–Kier alpha value is -2.79. The third-order valence-electron chi connectivity index (χ3n) is 5.17. The average molecular weight is 493 g/mol. The Labute approximate surface area is 202 Å². The molecule has 0 heterocycles. The van der Waals surface area contributed by atoms with Crippen LogP contribution >= 0.6 is 7.14 Å². The summed E-state index contributed by atoms with van der Waals surface area (Å²) in [5.41, 5.74) is 0.177. The summed E-state index contributed by atoms with van der Waals surface area (Å²) in [6, 6.07) is 10.4. The first-order chi connectivity index (χ1) is 15.8.